The van der Waals surface area contributed by atoms with Crippen LogP contribution in [0, 0.1) is 5.92 Å². The Bertz CT molecular complexity index is 3000. The lowest BCUT2D eigenvalue weighted by atomic mass is 9.72. The van der Waals surface area contributed by atoms with E-state index < -0.39 is 131 Å². The number of hydrogen-bond acceptors (Lipinski definition) is 18. The van der Waals surface area contributed by atoms with Crippen molar-refractivity contribution in [3.05, 3.63) is 93.6 Å². The Kier molecular flexibility index (Phi) is 19.3. The first-order valence-electron chi connectivity index (χ1n) is 26.5. The first kappa shape index (κ1) is 60.4. The highest BCUT2D eigenvalue weighted by Gasteiger charge is 2.50. The van der Waals surface area contributed by atoms with Crippen LogP contribution in [0.1, 0.15) is 134 Å². The molecule has 2 heterocycles. The molecule has 2 aliphatic heterocycles. The Morgan fingerprint density at radius 1 is 0.877 bits per heavy atom. The molecular formula is C56H67N7O18. The minimum absolute atomic E-state index is 0.0451. The van der Waals surface area contributed by atoms with Gasteiger partial charge in [0.25, 0.3) is 11.8 Å². The molecule has 8 amide bonds. The van der Waals surface area contributed by atoms with E-state index in [1.165, 1.54) is 56.5 Å². The van der Waals surface area contributed by atoms with Crippen LogP contribution in [-0.4, -0.2) is 147 Å². The number of methoxy groups -OCH3 is 1. The Hall–Kier alpha value is -8.26. The molecule has 7 rings (SSSR count). The Morgan fingerprint density at radius 3 is 2.22 bits per heavy atom. The number of ketones is 3. The van der Waals surface area contributed by atoms with Crippen molar-refractivity contribution in [2.45, 2.75) is 140 Å². The number of alkyl carbamates (subject to hydrolysis) is 1. The SMILES string of the molecule is COc1cccc2c1C(=O)c1c(O)c3c(c(O)c1C2=O)C[C@@](O)(C(C)=O)C[C@@H]3O[C@H]1C[C@@H](NC(=O)OCc2ccc(NC(=O)[C@H](CCCNC(N)=O)NC(=O)[C@@H](NC(=O)CCCCCN3C(=O)C=CC3=O)C(C)C)cc2)[C@H](O)[C@H](C)O1. The molecule has 81 heavy (non-hydrogen) atoms. The van der Waals surface area contributed by atoms with Crippen LogP contribution in [0.4, 0.5) is 15.3 Å². The van der Waals surface area contributed by atoms with Crippen LogP contribution >= 0.6 is 0 Å². The van der Waals surface area contributed by atoms with Crippen molar-refractivity contribution in [1.82, 2.24) is 26.2 Å². The molecule has 3 aromatic carbocycles. The molecule has 1 saturated heterocycles. The van der Waals surface area contributed by atoms with Gasteiger partial charge in [0.05, 0.1) is 42.0 Å². The number of imide groups is 1. The van der Waals surface area contributed by atoms with Gasteiger partial charge >= 0.3 is 12.1 Å². The number of phenolic OH excluding ortho intramolecular Hbond substituents is 2. The van der Waals surface area contributed by atoms with E-state index >= 15 is 0 Å². The minimum atomic E-state index is -2.18. The van der Waals surface area contributed by atoms with Gasteiger partial charge in [-0.05, 0) is 69.2 Å². The van der Waals surface area contributed by atoms with Crippen LogP contribution in [0.5, 0.6) is 17.2 Å². The van der Waals surface area contributed by atoms with Gasteiger partial charge in [-0.15, -0.1) is 0 Å². The number of fused-ring (bicyclic) bond motifs is 3. The number of anilines is 1. The molecule has 3 aromatic rings. The van der Waals surface area contributed by atoms with Crippen molar-refractivity contribution in [2.24, 2.45) is 11.7 Å². The van der Waals surface area contributed by atoms with Crippen molar-refractivity contribution in [2.75, 3.05) is 25.5 Å². The number of primary amides is 1. The van der Waals surface area contributed by atoms with Gasteiger partial charge in [0.15, 0.2) is 17.9 Å². The molecule has 8 atom stereocenters. The maximum atomic E-state index is 14.1. The van der Waals surface area contributed by atoms with E-state index in [0.717, 1.165) is 11.8 Å². The van der Waals surface area contributed by atoms with Gasteiger partial charge in [-0.25, -0.2) is 9.59 Å². The summed E-state index contributed by atoms with van der Waals surface area (Å²) in [6, 6.07) is 6.46. The van der Waals surface area contributed by atoms with Gasteiger partial charge < -0.3 is 71.7 Å². The number of benzene rings is 3. The molecule has 1 fully saturated rings. The van der Waals surface area contributed by atoms with E-state index in [0.29, 0.717) is 30.5 Å². The molecular weight excluding hydrogens is 1060 g/mol. The fourth-order valence-corrected chi connectivity index (χ4v) is 10.2. The number of nitrogens with one attached hydrogen (secondary N) is 5. The molecule has 0 spiro atoms. The van der Waals surface area contributed by atoms with E-state index in [9.17, 15) is 68.4 Å². The van der Waals surface area contributed by atoms with Crippen LogP contribution < -0.4 is 37.1 Å². The maximum Gasteiger partial charge on any atom is 0.407 e. The molecule has 11 N–H and O–H groups in total. The minimum Gasteiger partial charge on any atom is -0.507 e. The highest BCUT2D eigenvalue weighted by Crippen LogP contribution is 2.52. The summed E-state index contributed by atoms with van der Waals surface area (Å²) >= 11 is 0. The summed E-state index contributed by atoms with van der Waals surface area (Å²) < 4.78 is 23.1. The molecule has 25 nitrogen and oxygen atoms in total. The molecule has 25 heteroatoms. The number of urea groups is 1. The van der Waals surface area contributed by atoms with Crippen molar-refractivity contribution in [3.63, 3.8) is 0 Å². The van der Waals surface area contributed by atoms with Crippen LogP contribution in [0.3, 0.4) is 0 Å². The largest absolute Gasteiger partial charge is 0.507 e. The van der Waals surface area contributed by atoms with Crippen molar-refractivity contribution < 1.29 is 87.3 Å². The predicted octanol–water partition coefficient (Wildman–Crippen LogP) is 2.49. The Balaban J connectivity index is 0.952. The summed E-state index contributed by atoms with van der Waals surface area (Å²) in [7, 11) is 1.30. The van der Waals surface area contributed by atoms with Gasteiger partial charge in [0, 0.05) is 73.3 Å². The zero-order chi connectivity index (χ0) is 59.0. The monoisotopic (exact) mass is 1130 g/mol. The second-order valence-electron chi connectivity index (χ2n) is 20.7. The summed E-state index contributed by atoms with van der Waals surface area (Å²) in [5, 5.41) is 59.6. The fourth-order valence-electron chi connectivity index (χ4n) is 10.2. The summed E-state index contributed by atoms with van der Waals surface area (Å²) in [6.45, 7) is 6.11. The second kappa shape index (κ2) is 25.9. The normalized spacial score (nSPS) is 21.7. The van der Waals surface area contributed by atoms with Gasteiger partial charge in [-0.2, -0.15) is 0 Å². The topological polar surface area (TPSA) is 378 Å². The second-order valence-corrected chi connectivity index (χ2v) is 20.7. The number of carbonyl (C=O) groups is 10. The quantitative estimate of drug-likeness (QED) is 0.0290. The van der Waals surface area contributed by atoms with Gasteiger partial charge in [-0.1, -0.05) is 44.5 Å². The molecule has 0 bridgehead atoms. The number of aliphatic hydroxyl groups is 2. The van der Waals surface area contributed by atoms with Crippen LogP contribution in [0.15, 0.2) is 54.6 Å². The van der Waals surface area contributed by atoms with Gasteiger partial charge in [-0.3, -0.25) is 43.3 Å². The number of nitrogens with two attached hydrogens (primary N) is 1. The summed E-state index contributed by atoms with van der Waals surface area (Å²) in [5.41, 5.74) is 2.12. The lowest BCUT2D eigenvalue weighted by Gasteiger charge is -2.42. The highest BCUT2D eigenvalue weighted by molar-refractivity contribution is 6.31. The number of unbranched alkanes of at least 4 members (excludes halogenated alkanes) is 2. The molecule has 4 aliphatic rings. The molecule has 2 aliphatic carbocycles. The zero-order valence-corrected chi connectivity index (χ0v) is 45.3. The summed E-state index contributed by atoms with van der Waals surface area (Å²) in [6.07, 6.45) is -3.08. The average molecular weight is 1130 g/mol. The van der Waals surface area contributed by atoms with Gasteiger partial charge in [0.1, 0.15) is 47.6 Å². The number of Topliss-reactive ketones (excluding diaryl/α,β-unsaturated/α-hetero) is 1. The number of aliphatic hydroxyl groups excluding tert-OH is 1. The Labute approximate surface area is 465 Å². The van der Waals surface area contributed by atoms with Crippen molar-refractivity contribution in [3.8, 4) is 17.2 Å². The summed E-state index contributed by atoms with van der Waals surface area (Å²) in [4.78, 5) is 130. The number of aromatic hydroxyl groups is 2. The van der Waals surface area contributed by atoms with Crippen LogP contribution in [-0.2, 0) is 56.0 Å². The highest BCUT2D eigenvalue weighted by atomic mass is 16.7. The standard InChI is InChI=1S/C56H67N7O18/c1-27(2)46(62-38(65)14-7-6-8-22-63-39(66)19-20-40(63)67)53(74)60-34(12-10-21-58-54(57)75)52(73)59-31-17-15-30(16-18-31)26-79-55(76)61-35-23-41(80-28(3)47(35)68)81-37-25-56(77,29(4)64)24-33-43(37)51(72)45-44(49(33)70)48(69)32-11-9-13-36(78-5)42(32)50(45)71/h9,11,13,15-20,27-28,34-35,37,41,46-47,68,70,72,77H,6-8,10,12,14,21-26H2,1-5H3,(H,59,73)(H,60,74)(H,61,76)(H,62,65)(H3,57,58,75)/t28-,34-,35+,37-,41-,46-,47+,56-/m0/s1. The first-order valence-corrected chi connectivity index (χ1v) is 26.5. The zero-order valence-electron chi connectivity index (χ0n) is 45.3. The number of rotatable bonds is 23. The number of ether oxygens (including phenoxy) is 4. The van der Waals surface area contributed by atoms with E-state index in [1.54, 1.807) is 26.0 Å². The average Bonchev–Trinajstić information content (AvgIpc) is 3.78. The fraction of sp³-hybridized carbons (Fsp3) is 0.464. The van der Waals surface area contributed by atoms with E-state index in [2.05, 4.69) is 26.6 Å². The van der Waals surface area contributed by atoms with Crippen molar-refractivity contribution >= 4 is 64.7 Å². The molecule has 0 aromatic heterocycles. The number of amides is 8. The molecule has 0 unspecified atom stereocenters. The van der Waals surface area contributed by atoms with Crippen LogP contribution in [0.2, 0.25) is 0 Å². The Morgan fingerprint density at radius 2 is 1.57 bits per heavy atom. The maximum absolute atomic E-state index is 14.1. The third-order valence-corrected chi connectivity index (χ3v) is 14.7. The first-order chi connectivity index (χ1) is 38.4. The van der Waals surface area contributed by atoms with E-state index in [-0.39, 0.29) is 91.1 Å². The predicted molar refractivity (Wildman–Crippen MR) is 284 cm³/mol. The number of hydrogen-bond donors (Lipinski definition) is 10. The van der Waals surface area contributed by atoms with Crippen molar-refractivity contribution in [1.29, 1.82) is 0 Å². The van der Waals surface area contributed by atoms with Crippen LogP contribution in [0.25, 0.3) is 0 Å². The third-order valence-electron chi connectivity index (χ3n) is 14.7. The number of phenols is 2. The molecule has 0 radical (unpaired) electrons. The van der Waals surface area contributed by atoms with E-state index in [1.807, 2.05) is 0 Å². The number of nitrogens with zero attached hydrogens (tertiary/aromatic N) is 1. The molecule has 0 saturated carbocycles. The van der Waals surface area contributed by atoms with E-state index in [4.69, 9.17) is 24.7 Å². The number of carbonyl (C=O) groups excluding carboxylic acids is 10. The van der Waals surface area contributed by atoms with Gasteiger partial charge in [0.2, 0.25) is 23.5 Å². The summed E-state index contributed by atoms with van der Waals surface area (Å²) in [5.74, 6) is -6.59. The molecule has 434 valence electrons. The lowest BCUT2D eigenvalue weighted by molar-refractivity contribution is -0.249. The smallest absolute Gasteiger partial charge is 0.407 e. The third kappa shape index (κ3) is 13.8. The lowest BCUT2D eigenvalue weighted by Crippen LogP contribution is -2.55.